The van der Waals surface area contributed by atoms with E-state index in [1.165, 1.54) is 4.31 Å². The van der Waals surface area contributed by atoms with Gasteiger partial charge in [0.15, 0.2) is 0 Å². The average Bonchev–Trinajstić information content (AvgIpc) is 2.14. The van der Waals surface area contributed by atoms with Crippen LogP contribution in [0.4, 0.5) is 0 Å². The zero-order valence-electron chi connectivity index (χ0n) is 8.79. The molecule has 14 heavy (non-hydrogen) atoms. The van der Waals surface area contributed by atoms with Crippen LogP contribution in [0, 0.1) is 0 Å². The molecule has 0 heterocycles. The van der Waals surface area contributed by atoms with Gasteiger partial charge in [0, 0.05) is 26.0 Å². The zero-order valence-corrected chi connectivity index (χ0v) is 10.4. The number of hydrogen-bond acceptors (Lipinski definition) is 3. The van der Waals surface area contributed by atoms with E-state index in [0.717, 1.165) is 6.42 Å². The van der Waals surface area contributed by atoms with Crippen molar-refractivity contribution in [3.8, 4) is 0 Å². The molecule has 0 spiro atoms. The fraction of sp³-hybridized carbons (Fsp3) is 1.00. The number of hydrogen-bond donors (Lipinski definition) is 1. The number of sulfonamides is 1. The van der Waals surface area contributed by atoms with Crippen molar-refractivity contribution in [1.82, 2.24) is 9.62 Å². The minimum atomic E-state index is -3.07. The molecular weight excluding hydrogens is 224 g/mol. The van der Waals surface area contributed by atoms with Gasteiger partial charge in [0.05, 0.1) is 5.75 Å². The Morgan fingerprint density at radius 1 is 1.36 bits per heavy atom. The highest BCUT2D eigenvalue weighted by molar-refractivity contribution is 7.89. The van der Waals surface area contributed by atoms with Crippen LogP contribution in [-0.4, -0.2) is 51.5 Å². The number of likely N-dealkylation sites (N-methyl/N-ethyl adjacent to an activating group) is 2. The molecule has 0 aromatic rings. The molecule has 0 aliphatic heterocycles. The number of halogens is 1. The molecule has 0 atom stereocenters. The first-order chi connectivity index (χ1) is 6.54. The molecular formula is C8H19ClN2O2S. The van der Waals surface area contributed by atoms with Gasteiger partial charge in [0.2, 0.25) is 10.0 Å². The highest BCUT2D eigenvalue weighted by atomic mass is 35.5. The van der Waals surface area contributed by atoms with Gasteiger partial charge in [-0.1, -0.05) is 0 Å². The lowest BCUT2D eigenvalue weighted by Gasteiger charge is -2.16. The lowest BCUT2D eigenvalue weighted by molar-refractivity contribution is 0.464. The van der Waals surface area contributed by atoms with Crippen LogP contribution >= 0.6 is 11.6 Å². The van der Waals surface area contributed by atoms with Crippen molar-refractivity contribution in [3.63, 3.8) is 0 Å². The molecule has 0 aliphatic carbocycles. The number of nitrogens with one attached hydrogen (secondary N) is 1. The van der Waals surface area contributed by atoms with Crippen LogP contribution in [0.3, 0.4) is 0 Å². The van der Waals surface area contributed by atoms with Gasteiger partial charge < -0.3 is 5.32 Å². The lowest BCUT2D eigenvalue weighted by atomic mass is 10.4. The van der Waals surface area contributed by atoms with Crippen molar-refractivity contribution >= 4 is 21.6 Å². The fourth-order valence-corrected chi connectivity index (χ4v) is 2.38. The topological polar surface area (TPSA) is 49.4 Å². The first-order valence-corrected chi connectivity index (χ1v) is 6.83. The number of nitrogens with zero attached hydrogens (tertiary/aromatic N) is 1. The van der Waals surface area contributed by atoms with E-state index in [-0.39, 0.29) is 5.75 Å². The first-order valence-electron chi connectivity index (χ1n) is 4.69. The van der Waals surface area contributed by atoms with Crippen molar-refractivity contribution in [1.29, 1.82) is 0 Å². The summed E-state index contributed by atoms with van der Waals surface area (Å²) in [5, 5.41) is 2.91. The highest BCUT2D eigenvalue weighted by Crippen LogP contribution is 2.02. The van der Waals surface area contributed by atoms with Crippen LogP contribution in [0.25, 0.3) is 0 Å². The third-order valence-corrected chi connectivity index (χ3v) is 4.14. The average molecular weight is 243 g/mol. The summed E-state index contributed by atoms with van der Waals surface area (Å²) in [5.41, 5.74) is 0. The zero-order chi connectivity index (χ0) is 11.0. The Bertz CT molecular complexity index is 231. The summed E-state index contributed by atoms with van der Waals surface area (Å²) in [6.45, 7) is 1.19. The molecule has 0 aromatic heterocycles. The van der Waals surface area contributed by atoms with E-state index in [2.05, 4.69) is 5.32 Å². The van der Waals surface area contributed by atoms with Crippen molar-refractivity contribution < 1.29 is 8.42 Å². The van der Waals surface area contributed by atoms with Crippen LogP contribution in [0.15, 0.2) is 0 Å². The minimum absolute atomic E-state index is 0.194. The van der Waals surface area contributed by atoms with Crippen LogP contribution < -0.4 is 5.32 Å². The van der Waals surface area contributed by atoms with Gasteiger partial charge in [-0.2, -0.15) is 0 Å². The minimum Gasteiger partial charge on any atom is -0.318 e. The van der Waals surface area contributed by atoms with E-state index in [1.54, 1.807) is 14.1 Å². The second-order valence-electron chi connectivity index (χ2n) is 3.14. The molecule has 0 unspecified atom stereocenters. The predicted octanol–water partition coefficient (Wildman–Crippen LogP) is 0.486. The van der Waals surface area contributed by atoms with Crippen molar-refractivity contribution in [3.05, 3.63) is 0 Å². The second kappa shape index (κ2) is 7.45. The molecule has 6 heteroatoms. The van der Waals surface area contributed by atoms with E-state index in [9.17, 15) is 8.42 Å². The third-order valence-electron chi connectivity index (χ3n) is 1.94. The summed E-state index contributed by atoms with van der Waals surface area (Å²) in [6.07, 6.45) is 1.39. The smallest absolute Gasteiger partial charge is 0.213 e. The molecule has 0 rings (SSSR count). The summed E-state index contributed by atoms with van der Waals surface area (Å²) < 4.78 is 24.5. The third kappa shape index (κ3) is 5.80. The molecule has 0 radical (unpaired) electrons. The lowest BCUT2D eigenvalue weighted by Crippen LogP contribution is -2.34. The van der Waals surface area contributed by atoms with Gasteiger partial charge >= 0.3 is 0 Å². The second-order valence-corrected chi connectivity index (χ2v) is 5.71. The normalized spacial score (nSPS) is 12.3. The first kappa shape index (κ1) is 14.2. The maximum Gasteiger partial charge on any atom is 0.213 e. The Labute approximate surface area is 91.7 Å². The summed E-state index contributed by atoms with van der Waals surface area (Å²) in [7, 11) is 0.334. The van der Waals surface area contributed by atoms with E-state index >= 15 is 0 Å². The molecule has 0 fully saturated rings. The number of rotatable bonds is 8. The molecule has 0 saturated carbocycles. The van der Waals surface area contributed by atoms with Crippen molar-refractivity contribution in [2.45, 2.75) is 12.8 Å². The van der Waals surface area contributed by atoms with Crippen LogP contribution in [-0.2, 0) is 10.0 Å². The van der Waals surface area contributed by atoms with Gasteiger partial charge in [-0.3, -0.25) is 0 Å². The molecule has 0 amide bonds. The molecule has 0 aromatic carbocycles. The Morgan fingerprint density at radius 2 is 2.00 bits per heavy atom. The van der Waals surface area contributed by atoms with Crippen LogP contribution in [0.2, 0.25) is 0 Å². The molecule has 0 saturated heterocycles. The van der Waals surface area contributed by atoms with Crippen LogP contribution in [0.5, 0.6) is 0 Å². The van der Waals surface area contributed by atoms with E-state index in [1.807, 2.05) is 0 Å². The Hall–Kier alpha value is 0.160. The van der Waals surface area contributed by atoms with Gasteiger partial charge in [0.25, 0.3) is 0 Å². The Kier molecular flexibility index (Phi) is 7.54. The largest absolute Gasteiger partial charge is 0.318 e. The quantitative estimate of drug-likeness (QED) is 0.498. The van der Waals surface area contributed by atoms with Gasteiger partial charge in [-0.15, -0.1) is 11.6 Å². The SMILES string of the molecule is CNCCN(C)S(=O)(=O)CCCCCl. The molecule has 4 nitrogen and oxygen atoms in total. The Morgan fingerprint density at radius 3 is 2.50 bits per heavy atom. The molecule has 86 valence electrons. The summed E-state index contributed by atoms with van der Waals surface area (Å²) in [5.74, 6) is 0.718. The van der Waals surface area contributed by atoms with Crippen molar-refractivity contribution in [2.24, 2.45) is 0 Å². The Balaban J connectivity index is 3.91. The van der Waals surface area contributed by atoms with Crippen molar-refractivity contribution in [2.75, 3.05) is 38.8 Å². The predicted molar refractivity (Wildman–Crippen MR) is 60.3 cm³/mol. The number of unbranched alkanes of at least 4 members (excludes halogenated alkanes) is 1. The summed E-state index contributed by atoms with van der Waals surface area (Å²) in [4.78, 5) is 0. The van der Waals surface area contributed by atoms with Gasteiger partial charge in [-0.25, -0.2) is 12.7 Å². The highest BCUT2D eigenvalue weighted by Gasteiger charge is 2.15. The standard InChI is InChI=1S/C8H19ClN2O2S/c1-10-6-7-11(2)14(12,13)8-4-3-5-9/h10H,3-8H2,1-2H3. The van der Waals surface area contributed by atoms with E-state index < -0.39 is 10.0 Å². The van der Waals surface area contributed by atoms with Crippen LogP contribution in [0.1, 0.15) is 12.8 Å². The summed E-state index contributed by atoms with van der Waals surface area (Å²) >= 11 is 5.48. The number of alkyl halides is 1. The maximum atomic E-state index is 11.6. The molecule has 1 N–H and O–H groups in total. The van der Waals surface area contributed by atoms with Gasteiger partial charge in [-0.05, 0) is 19.9 Å². The maximum absolute atomic E-state index is 11.6. The van der Waals surface area contributed by atoms with Gasteiger partial charge in [0.1, 0.15) is 0 Å². The van der Waals surface area contributed by atoms with E-state index in [0.29, 0.717) is 25.4 Å². The molecule has 0 bridgehead atoms. The molecule has 0 aliphatic rings. The van der Waals surface area contributed by atoms with E-state index in [4.69, 9.17) is 11.6 Å². The monoisotopic (exact) mass is 242 g/mol. The summed E-state index contributed by atoms with van der Waals surface area (Å²) in [6, 6.07) is 0. The fourth-order valence-electron chi connectivity index (χ4n) is 0.943.